The van der Waals surface area contributed by atoms with E-state index in [9.17, 15) is 4.79 Å². The van der Waals surface area contributed by atoms with Gasteiger partial charge in [-0.1, -0.05) is 55.5 Å². The zero-order chi connectivity index (χ0) is 20.8. The van der Waals surface area contributed by atoms with Crippen molar-refractivity contribution in [2.75, 3.05) is 12.4 Å². The summed E-state index contributed by atoms with van der Waals surface area (Å²) in [7, 11) is 1.69. The van der Waals surface area contributed by atoms with Crippen molar-refractivity contribution in [1.29, 1.82) is 0 Å². The molecule has 1 aliphatic carbocycles. The van der Waals surface area contributed by atoms with E-state index in [1.165, 1.54) is 5.69 Å². The first-order chi connectivity index (χ1) is 13.8. The van der Waals surface area contributed by atoms with Crippen molar-refractivity contribution in [1.82, 2.24) is 4.98 Å². The van der Waals surface area contributed by atoms with Crippen LogP contribution in [0.5, 0.6) is 5.75 Å². The van der Waals surface area contributed by atoms with E-state index in [1.807, 2.05) is 18.2 Å². The van der Waals surface area contributed by atoms with E-state index in [0.29, 0.717) is 0 Å². The van der Waals surface area contributed by atoms with Gasteiger partial charge in [0.05, 0.1) is 12.5 Å². The van der Waals surface area contributed by atoms with E-state index in [1.54, 1.807) is 7.11 Å². The third-order valence-corrected chi connectivity index (χ3v) is 6.68. The molecule has 0 bridgehead atoms. The van der Waals surface area contributed by atoms with Gasteiger partial charge in [-0.2, -0.15) is 0 Å². The Balaban J connectivity index is 1.59. The molecule has 1 amide bonds. The Labute approximate surface area is 185 Å². The first-order valence-corrected chi connectivity index (χ1v) is 11.5. The van der Waals surface area contributed by atoms with Gasteiger partial charge in [-0.15, -0.1) is 0 Å². The van der Waals surface area contributed by atoms with Crippen LogP contribution in [0, 0.1) is 0 Å². The number of benzene rings is 2. The van der Waals surface area contributed by atoms with E-state index < -0.39 is 5.41 Å². The van der Waals surface area contributed by atoms with Crippen LogP contribution in [0.4, 0.5) is 5.69 Å². The number of fused-ring (bicyclic) bond motifs is 1. The average Bonchev–Trinajstić information content (AvgIpc) is 3.39. The first-order valence-electron chi connectivity index (χ1n) is 9.95. The van der Waals surface area contributed by atoms with Crippen molar-refractivity contribution in [3.05, 3.63) is 59.3 Å². The van der Waals surface area contributed by atoms with Crippen LogP contribution in [0.3, 0.4) is 0 Å². The summed E-state index contributed by atoms with van der Waals surface area (Å²) in [5.41, 5.74) is 4.93. The lowest BCUT2D eigenvalue weighted by molar-refractivity contribution is -0.118. The summed E-state index contributed by atoms with van der Waals surface area (Å²) in [6.07, 6.45) is 1.73. The molecular formula is C24H27IN2O2. The van der Waals surface area contributed by atoms with Gasteiger partial charge < -0.3 is 15.0 Å². The van der Waals surface area contributed by atoms with Gasteiger partial charge in [0.1, 0.15) is 5.75 Å². The van der Waals surface area contributed by atoms with Gasteiger partial charge in [-0.25, -0.2) is 0 Å². The van der Waals surface area contributed by atoms with Crippen molar-refractivity contribution >= 4 is 45.1 Å². The lowest BCUT2D eigenvalue weighted by Gasteiger charge is -2.18. The molecule has 4 nitrogen and oxygen atoms in total. The van der Waals surface area contributed by atoms with Crippen LogP contribution in [0.15, 0.2) is 42.5 Å². The van der Waals surface area contributed by atoms with Gasteiger partial charge in [0, 0.05) is 37.7 Å². The molecule has 1 saturated carbocycles. The molecule has 4 rings (SSSR count). The molecule has 29 heavy (non-hydrogen) atoms. The summed E-state index contributed by atoms with van der Waals surface area (Å²) in [4.78, 5) is 16.7. The summed E-state index contributed by atoms with van der Waals surface area (Å²) in [5.74, 6) is 0.923. The largest absolute Gasteiger partial charge is 0.496 e. The summed E-state index contributed by atoms with van der Waals surface area (Å²) >= 11 is 2.33. The Bertz CT molecular complexity index is 1070. The number of ether oxygens (including phenoxy) is 1. The van der Waals surface area contributed by atoms with Gasteiger partial charge in [-0.05, 0) is 48.7 Å². The second-order valence-corrected chi connectivity index (χ2v) is 9.69. The Hall–Kier alpha value is -2.02. The molecule has 2 aromatic carbocycles. The molecule has 152 valence electrons. The predicted molar refractivity (Wildman–Crippen MR) is 127 cm³/mol. The molecule has 1 heterocycles. The number of carbonyl (C=O) groups is 1. The molecule has 5 heteroatoms. The van der Waals surface area contributed by atoms with Gasteiger partial charge in [-0.3, -0.25) is 4.79 Å². The van der Waals surface area contributed by atoms with Gasteiger partial charge >= 0.3 is 0 Å². The summed E-state index contributed by atoms with van der Waals surface area (Å²) in [6, 6.07) is 14.4. The van der Waals surface area contributed by atoms with Gasteiger partial charge in [0.25, 0.3) is 0 Å². The van der Waals surface area contributed by atoms with E-state index in [-0.39, 0.29) is 11.3 Å². The molecule has 0 aliphatic heterocycles. The van der Waals surface area contributed by atoms with E-state index in [0.717, 1.165) is 50.7 Å². The fourth-order valence-corrected chi connectivity index (χ4v) is 4.42. The van der Waals surface area contributed by atoms with Crippen LogP contribution in [-0.4, -0.2) is 18.0 Å². The number of hydrogen-bond acceptors (Lipinski definition) is 2. The molecule has 1 aliphatic rings. The predicted octanol–water partition coefficient (Wildman–Crippen LogP) is 6.08. The third kappa shape index (κ3) is 3.77. The lowest BCUT2D eigenvalue weighted by Crippen LogP contribution is -2.27. The topological polar surface area (TPSA) is 54.1 Å². The average molecular weight is 502 g/mol. The number of rotatable bonds is 5. The SMILES string of the molecule is COc1cc(C2(C(=O)Nc3ccc4[nH]c(C(C)(C)C)cc4c3)CC2)ccc1CI. The number of anilines is 1. The minimum atomic E-state index is -0.444. The van der Waals surface area contributed by atoms with Crippen molar-refractivity contribution in [2.45, 2.75) is 48.9 Å². The fraction of sp³-hybridized carbons (Fsp3) is 0.375. The number of nitrogens with one attached hydrogen (secondary N) is 2. The lowest BCUT2D eigenvalue weighted by atomic mass is 9.92. The monoisotopic (exact) mass is 502 g/mol. The molecule has 0 spiro atoms. The number of hydrogen-bond donors (Lipinski definition) is 2. The van der Waals surface area contributed by atoms with Crippen LogP contribution >= 0.6 is 22.6 Å². The van der Waals surface area contributed by atoms with Crippen molar-refractivity contribution < 1.29 is 9.53 Å². The number of halogens is 1. The van der Waals surface area contributed by atoms with E-state index >= 15 is 0 Å². The highest BCUT2D eigenvalue weighted by atomic mass is 127. The molecular weight excluding hydrogens is 475 g/mol. The maximum absolute atomic E-state index is 13.2. The zero-order valence-electron chi connectivity index (χ0n) is 17.4. The second-order valence-electron chi connectivity index (χ2n) is 8.93. The minimum Gasteiger partial charge on any atom is -0.496 e. The highest BCUT2D eigenvalue weighted by Crippen LogP contribution is 2.50. The zero-order valence-corrected chi connectivity index (χ0v) is 19.5. The maximum Gasteiger partial charge on any atom is 0.235 e. The van der Waals surface area contributed by atoms with Crippen molar-refractivity contribution in [3.8, 4) is 5.75 Å². The van der Waals surface area contributed by atoms with Crippen molar-refractivity contribution in [3.63, 3.8) is 0 Å². The van der Waals surface area contributed by atoms with Crippen LogP contribution < -0.4 is 10.1 Å². The molecule has 1 aromatic heterocycles. The number of H-pyrrole nitrogens is 1. The minimum absolute atomic E-state index is 0.0592. The Morgan fingerprint density at radius 3 is 2.55 bits per heavy atom. The van der Waals surface area contributed by atoms with E-state index in [2.05, 4.69) is 77.9 Å². The highest BCUT2D eigenvalue weighted by molar-refractivity contribution is 14.1. The van der Waals surface area contributed by atoms with Gasteiger partial charge in [0.2, 0.25) is 5.91 Å². The Morgan fingerprint density at radius 2 is 1.93 bits per heavy atom. The summed E-state index contributed by atoms with van der Waals surface area (Å²) < 4.78 is 6.42. The molecule has 0 saturated heterocycles. The molecule has 0 radical (unpaired) electrons. The maximum atomic E-state index is 13.2. The Morgan fingerprint density at radius 1 is 1.17 bits per heavy atom. The number of aromatic nitrogens is 1. The third-order valence-electron chi connectivity index (χ3n) is 5.85. The molecule has 0 unspecified atom stereocenters. The van der Waals surface area contributed by atoms with Crippen LogP contribution in [0.25, 0.3) is 10.9 Å². The van der Waals surface area contributed by atoms with Gasteiger partial charge in [0.15, 0.2) is 0 Å². The molecule has 2 N–H and O–H groups in total. The molecule has 3 aromatic rings. The second kappa shape index (κ2) is 7.35. The number of methoxy groups -OCH3 is 1. The normalized spacial score (nSPS) is 15.3. The first kappa shape index (κ1) is 20.3. The number of alkyl halides is 1. The number of aromatic amines is 1. The molecule has 1 fully saturated rings. The quantitative estimate of drug-likeness (QED) is 0.328. The Kier molecular flexibility index (Phi) is 5.13. The molecule has 0 atom stereocenters. The van der Waals surface area contributed by atoms with E-state index in [4.69, 9.17) is 4.74 Å². The van der Waals surface area contributed by atoms with Crippen LogP contribution in [0.2, 0.25) is 0 Å². The smallest absolute Gasteiger partial charge is 0.235 e. The standard InChI is InChI=1S/C24H27IN2O2/c1-23(2,3)21-12-16-11-18(7-8-19(16)27-21)26-22(28)24(9-10-24)17-6-5-15(14-25)20(13-17)29-4/h5-8,11-13,27H,9-10,14H2,1-4H3,(H,26,28). The summed E-state index contributed by atoms with van der Waals surface area (Å²) in [5, 5.41) is 4.27. The summed E-state index contributed by atoms with van der Waals surface area (Å²) in [6.45, 7) is 6.57. The van der Waals surface area contributed by atoms with Crippen LogP contribution in [-0.2, 0) is 20.1 Å². The van der Waals surface area contributed by atoms with Crippen molar-refractivity contribution in [2.24, 2.45) is 0 Å². The highest BCUT2D eigenvalue weighted by Gasteiger charge is 2.51. The number of amides is 1. The van der Waals surface area contributed by atoms with Crippen LogP contribution in [0.1, 0.15) is 50.4 Å². The fourth-order valence-electron chi connectivity index (χ4n) is 3.79. The number of carbonyl (C=O) groups excluding carboxylic acids is 1.